The van der Waals surface area contributed by atoms with Gasteiger partial charge in [-0.05, 0) is 0 Å². The number of nitrogens with zero attached hydrogens (tertiary/aromatic N) is 1. The van der Waals surface area contributed by atoms with Gasteiger partial charge in [0.25, 0.3) is 0 Å². The summed E-state index contributed by atoms with van der Waals surface area (Å²) in [5.41, 5.74) is 1.19. The smallest absolute Gasteiger partial charge is 0.171 e. The van der Waals surface area contributed by atoms with Crippen molar-refractivity contribution in [2.75, 3.05) is 0 Å². The first-order valence-electron chi connectivity index (χ1n) is 4.05. The Kier molecular flexibility index (Phi) is 5.83. The van der Waals surface area contributed by atoms with Crippen LogP contribution in [-0.2, 0) is 20.1 Å². The molecule has 0 spiro atoms. The molecule has 2 nitrogen and oxygen atoms in total. The van der Waals surface area contributed by atoms with Crippen LogP contribution < -0.4 is 4.98 Å². The van der Waals surface area contributed by atoms with E-state index < -0.39 is 0 Å². The van der Waals surface area contributed by atoms with Crippen LogP contribution in [-0.4, -0.2) is 5.78 Å². The number of rotatable bonds is 2. The minimum Gasteiger partial charge on any atom is -0.661 e. The molecule has 2 rings (SSSR count). The van der Waals surface area contributed by atoms with E-state index in [1.807, 2.05) is 18.2 Å². The van der Waals surface area contributed by atoms with E-state index in [0.717, 1.165) is 0 Å². The maximum atomic E-state index is 11.6. The van der Waals surface area contributed by atoms with Crippen molar-refractivity contribution in [1.29, 1.82) is 0 Å². The SMILES string of the molecule is O=C(c1ccccc1)c1ccc[n-]1.[CH3-].[Ir]. The molecule has 1 radical (unpaired) electrons. The van der Waals surface area contributed by atoms with Gasteiger partial charge in [-0.1, -0.05) is 48.2 Å². The summed E-state index contributed by atoms with van der Waals surface area (Å²) in [5.74, 6) is -0.0226. The fraction of sp³-hybridized carbons (Fsp3) is 0. The molecule has 0 saturated heterocycles. The Morgan fingerprint density at radius 3 is 2.20 bits per heavy atom. The van der Waals surface area contributed by atoms with Crippen LogP contribution in [0.3, 0.4) is 0 Å². The summed E-state index contributed by atoms with van der Waals surface area (Å²) in [5, 5.41) is 0. The van der Waals surface area contributed by atoms with Crippen LogP contribution >= 0.6 is 0 Å². The predicted octanol–water partition coefficient (Wildman–Crippen LogP) is 2.32. The number of hydrogen-bond acceptors (Lipinski definition) is 1. The number of carbonyl (C=O) groups is 1. The zero-order valence-electron chi connectivity index (χ0n) is 8.31. The molecule has 0 fully saturated rings. The third-order valence-corrected chi connectivity index (χ3v) is 1.82. The van der Waals surface area contributed by atoms with Crippen LogP contribution in [0, 0.1) is 7.43 Å². The summed E-state index contributed by atoms with van der Waals surface area (Å²) in [6, 6.07) is 12.6. The molecule has 0 unspecified atom stereocenters. The van der Waals surface area contributed by atoms with Gasteiger partial charge in [-0.3, -0.25) is 4.79 Å². The number of carbonyl (C=O) groups excluding carboxylic acids is 1. The molecule has 0 atom stereocenters. The van der Waals surface area contributed by atoms with Crippen LogP contribution in [0.1, 0.15) is 16.1 Å². The van der Waals surface area contributed by atoms with Gasteiger partial charge in [0.2, 0.25) is 0 Å². The third-order valence-electron chi connectivity index (χ3n) is 1.82. The first kappa shape index (κ1) is 13.8. The molecule has 1 heterocycles. The largest absolute Gasteiger partial charge is 0.661 e. The van der Waals surface area contributed by atoms with Gasteiger partial charge in [0, 0.05) is 25.7 Å². The van der Waals surface area contributed by atoms with Gasteiger partial charge in [0.05, 0.1) is 0 Å². The zero-order chi connectivity index (χ0) is 9.10. The fourth-order valence-electron chi connectivity index (χ4n) is 1.17. The maximum Gasteiger partial charge on any atom is 0.171 e. The second-order valence-corrected chi connectivity index (χ2v) is 2.72. The topological polar surface area (TPSA) is 31.2 Å². The minimum atomic E-state index is -0.0226. The van der Waals surface area contributed by atoms with Crippen LogP contribution in [0.5, 0.6) is 0 Å². The van der Waals surface area contributed by atoms with Crippen molar-refractivity contribution in [1.82, 2.24) is 4.98 Å². The van der Waals surface area contributed by atoms with Crippen molar-refractivity contribution in [2.24, 2.45) is 0 Å². The van der Waals surface area contributed by atoms with E-state index in [4.69, 9.17) is 0 Å². The first-order valence-corrected chi connectivity index (χ1v) is 4.05. The summed E-state index contributed by atoms with van der Waals surface area (Å²) in [6.45, 7) is 0. The van der Waals surface area contributed by atoms with Gasteiger partial charge >= 0.3 is 0 Å². The predicted molar refractivity (Wildman–Crippen MR) is 56.1 cm³/mol. The molecule has 0 aliphatic rings. The van der Waals surface area contributed by atoms with E-state index in [-0.39, 0.29) is 33.3 Å². The van der Waals surface area contributed by atoms with Crippen molar-refractivity contribution in [2.45, 2.75) is 0 Å². The summed E-state index contributed by atoms with van der Waals surface area (Å²) >= 11 is 0. The summed E-state index contributed by atoms with van der Waals surface area (Å²) < 4.78 is 0. The fourth-order valence-corrected chi connectivity index (χ4v) is 1.17. The van der Waals surface area contributed by atoms with E-state index in [2.05, 4.69) is 4.98 Å². The molecule has 0 aliphatic heterocycles. The Labute approximate surface area is 103 Å². The van der Waals surface area contributed by atoms with Crippen molar-refractivity contribution in [3.63, 3.8) is 0 Å². The molecule has 2 aromatic rings. The van der Waals surface area contributed by atoms with Gasteiger partial charge in [-0.2, -0.15) is 6.20 Å². The summed E-state index contributed by atoms with van der Waals surface area (Å²) in [7, 11) is 0. The van der Waals surface area contributed by atoms with Crippen molar-refractivity contribution in [3.05, 3.63) is 67.3 Å². The van der Waals surface area contributed by atoms with E-state index in [0.29, 0.717) is 11.3 Å². The van der Waals surface area contributed by atoms with Gasteiger partial charge in [0.1, 0.15) is 0 Å². The number of aromatic nitrogens is 1. The van der Waals surface area contributed by atoms with Crippen molar-refractivity contribution in [3.8, 4) is 0 Å². The Hall–Kier alpha value is -1.18. The molecule has 81 valence electrons. The molecular formula is C12H11IrNO-2. The van der Waals surface area contributed by atoms with Gasteiger partial charge < -0.3 is 12.4 Å². The summed E-state index contributed by atoms with van der Waals surface area (Å²) in [4.78, 5) is 15.6. The second-order valence-electron chi connectivity index (χ2n) is 2.72. The standard InChI is InChI=1S/C11H9NO.CH3.Ir/c13-11(10-7-4-8-12-10)9-5-2-1-3-6-9;;/h1-8H,(H,12,13);1H3;/q;-1;/p-1. The van der Waals surface area contributed by atoms with Crippen LogP contribution in [0.15, 0.2) is 48.7 Å². The molecule has 15 heavy (non-hydrogen) atoms. The van der Waals surface area contributed by atoms with E-state index in [9.17, 15) is 4.79 Å². The second kappa shape index (κ2) is 6.33. The molecule has 0 amide bonds. The molecule has 3 heteroatoms. The molecule has 0 saturated carbocycles. The summed E-state index contributed by atoms with van der Waals surface area (Å²) in [6.07, 6.45) is 1.62. The quantitative estimate of drug-likeness (QED) is 0.594. The average molecular weight is 377 g/mol. The van der Waals surface area contributed by atoms with E-state index >= 15 is 0 Å². The Bertz CT molecular complexity index is 395. The molecule has 1 aromatic carbocycles. The maximum absolute atomic E-state index is 11.6. The normalized spacial score (nSPS) is 8.53. The van der Waals surface area contributed by atoms with Crippen LogP contribution in [0.4, 0.5) is 0 Å². The third kappa shape index (κ3) is 3.15. The monoisotopic (exact) mass is 378 g/mol. The number of benzene rings is 1. The van der Waals surface area contributed by atoms with Crippen molar-refractivity contribution >= 4 is 5.78 Å². The molecular weight excluding hydrogens is 366 g/mol. The number of ketones is 1. The van der Waals surface area contributed by atoms with Gasteiger partial charge in [-0.25, -0.2) is 0 Å². The first-order chi connectivity index (χ1) is 6.38. The zero-order valence-corrected chi connectivity index (χ0v) is 10.7. The molecule has 1 aromatic heterocycles. The molecule has 0 bridgehead atoms. The van der Waals surface area contributed by atoms with Crippen LogP contribution in [0.25, 0.3) is 0 Å². The number of hydrogen-bond donors (Lipinski definition) is 0. The Morgan fingerprint density at radius 2 is 1.67 bits per heavy atom. The van der Waals surface area contributed by atoms with Gasteiger partial charge in [-0.15, -0.1) is 0 Å². The van der Waals surface area contributed by atoms with Crippen LogP contribution in [0.2, 0.25) is 0 Å². The Morgan fingerprint density at radius 1 is 1.00 bits per heavy atom. The van der Waals surface area contributed by atoms with E-state index in [1.54, 1.807) is 30.5 Å². The minimum absolute atomic E-state index is 0. The molecule has 0 aliphatic carbocycles. The average Bonchev–Trinajstić information content (AvgIpc) is 2.71. The molecule has 0 N–H and O–H groups in total. The van der Waals surface area contributed by atoms with Crippen molar-refractivity contribution < 1.29 is 24.9 Å². The van der Waals surface area contributed by atoms with Gasteiger partial charge in [0.15, 0.2) is 5.78 Å². The van der Waals surface area contributed by atoms with E-state index in [1.165, 1.54) is 0 Å². The Balaban J connectivity index is 0.000000980.